The van der Waals surface area contributed by atoms with Gasteiger partial charge in [0.25, 0.3) is 0 Å². The predicted molar refractivity (Wildman–Crippen MR) is 99.7 cm³/mol. The van der Waals surface area contributed by atoms with E-state index in [1.54, 1.807) is 18.5 Å². The molecule has 3 aromatic rings. The Kier molecular flexibility index (Phi) is 5.91. The molecule has 2 aromatic heterocycles. The van der Waals surface area contributed by atoms with E-state index in [4.69, 9.17) is 15.1 Å². The molecule has 3 rings (SSSR count). The van der Waals surface area contributed by atoms with Gasteiger partial charge >= 0.3 is 11.9 Å². The molecule has 4 N–H and O–H groups in total. The van der Waals surface area contributed by atoms with Crippen LogP contribution in [0.1, 0.15) is 0 Å². The highest BCUT2D eigenvalue weighted by molar-refractivity contribution is 7.99. The maximum absolute atomic E-state index is 10.8. The molecule has 0 amide bonds. The van der Waals surface area contributed by atoms with Crippen LogP contribution >= 0.6 is 11.8 Å². The molecule has 0 bridgehead atoms. The van der Waals surface area contributed by atoms with Crippen LogP contribution in [0.5, 0.6) is 0 Å². The van der Waals surface area contributed by atoms with E-state index in [0.29, 0.717) is 27.8 Å². The van der Waals surface area contributed by atoms with Crippen molar-refractivity contribution in [2.75, 3.05) is 18.3 Å². The molecule has 1 aromatic carbocycles. The molecule has 12 heteroatoms. The number of H-pyrrole nitrogens is 1. The maximum atomic E-state index is 10.8. The third-order valence-corrected chi connectivity index (χ3v) is 4.31. The molecule has 0 fully saturated rings. The van der Waals surface area contributed by atoms with Gasteiger partial charge in [-0.05, 0) is 23.8 Å². The molecule has 0 saturated heterocycles. The van der Waals surface area contributed by atoms with Crippen LogP contribution in [0.3, 0.4) is 0 Å². The first-order chi connectivity index (χ1) is 13.4. The van der Waals surface area contributed by atoms with Crippen molar-refractivity contribution in [1.82, 2.24) is 25.0 Å². The number of thioether (sulfide) groups is 1. The van der Waals surface area contributed by atoms with E-state index in [1.165, 1.54) is 11.8 Å². The minimum absolute atomic E-state index is 0.142. The topological polar surface area (TPSA) is 155 Å². The van der Waals surface area contributed by atoms with Gasteiger partial charge in [-0.1, -0.05) is 11.8 Å². The van der Waals surface area contributed by atoms with E-state index in [1.807, 2.05) is 12.1 Å². The van der Waals surface area contributed by atoms with Crippen LogP contribution in [0.2, 0.25) is 0 Å². The summed E-state index contributed by atoms with van der Waals surface area (Å²) in [5.41, 5.74) is 5.53. The molecule has 2 heterocycles. The van der Waals surface area contributed by atoms with Crippen LogP contribution in [-0.4, -0.2) is 60.0 Å². The second-order valence-electron chi connectivity index (χ2n) is 5.57. The number of aromatic nitrogens is 5. The highest BCUT2D eigenvalue weighted by Crippen LogP contribution is 2.29. The lowest BCUT2D eigenvalue weighted by molar-refractivity contribution is -0.138. The van der Waals surface area contributed by atoms with Gasteiger partial charge in [0.1, 0.15) is 6.54 Å². The number of benzene rings is 1. The smallest absolute Gasteiger partial charge is 0.325 e. The minimum atomic E-state index is -0.988. The monoisotopic (exact) mass is 404 g/mol. The summed E-state index contributed by atoms with van der Waals surface area (Å²) in [5, 5.41) is 28.8. The van der Waals surface area contributed by atoms with Crippen molar-refractivity contribution in [2.45, 2.75) is 11.7 Å². The van der Waals surface area contributed by atoms with E-state index >= 15 is 0 Å². The molecule has 0 unspecified atom stereocenters. The summed E-state index contributed by atoms with van der Waals surface area (Å²) in [5.74, 6) is -1.63. The first kappa shape index (κ1) is 19.4. The van der Waals surface area contributed by atoms with Crippen LogP contribution in [0.25, 0.3) is 22.5 Å². The summed E-state index contributed by atoms with van der Waals surface area (Å²) in [6.45, 7) is -0.241. The predicted octanol–water partition coefficient (Wildman–Crippen LogP) is 1.57. The van der Waals surface area contributed by atoms with Gasteiger partial charge in [0, 0.05) is 17.3 Å². The van der Waals surface area contributed by atoms with E-state index in [2.05, 4.69) is 25.8 Å². The summed E-state index contributed by atoms with van der Waals surface area (Å²) < 4.78 is 1.32. The van der Waals surface area contributed by atoms with E-state index in [9.17, 15) is 9.59 Å². The molecule has 0 aliphatic rings. The highest BCUT2D eigenvalue weighted by Gasteiger charge is 2.12. The van der Waals surface area contributed by atoms with Gasteiger partial charge in [-0.3, -0.25) is 29.7 Å². The Morgan fingerprint density at radius 1 is 1.21 bits per heavy atom. The van der Waals surface area contributed by atoms with Crippen LogP contribution in [0.4, 0.5) is 5.69 Å². The highest BCUT2D eigenvalue weighted by atomic mass is 32.2. The Hall–Kier alpha value is -3.38. The summed E-state index contributed by atoms with van der Waals surface area (Å²) in [6, 6.07) is 5.42. The number of hydrogen-bond donors (Lipinski definition) is 4. The van der Waals surface area contributed by atoms with Crippen LogP contribution in [0.15, 0.2) is 35.7 Å². The zero-order valence-corrected chi connectivity index (χ0v) is 15.4. The van der Waals surface area contributed by atoms with Crippen molar-refractivity contribution < 1.29 is 24.6 Å². The maximum Gasteiger partial charge on any atom is 0.325 e. The number of carbonyl (C=O) groups is 2. The van der Waals surface area contributed by atoms with Crippen LogP contribution < -0.4 is 5.48 Å². The number of carboxylic acid groups (broad SMARTS) is 2. The average Bonchev–Trinajstić information content (AvgIpc) is 3.29. The Balaban J connectivity index is 1.92. The Bertz CT molecular complexity index is 1000. The molecule has 0 aliphatic heterocycles. The first-order valence-electron chi connectivity index (χ1n) is 7.90. The summed E-state index contributed by atoms with van der Waals surface area (Å²) >= 11 is 1.01. The zero-order valence-electron chi connectivity index (χ0n) is 14.6. The Morgan fingerprint density at radius 2 is 2.00 bits per heavy atom. The van der Waals surface area contributed by atoms with E-state index in [-0.39, 0.29) is 12.3 Å². The molecule has 0 spiro atoms. The molecule has 11 nitrogen and oxygen atoms in total. The second kappa shape index (κ2) is 8.54. The van der Waals surface area contributed by atoms with Gasteiger partial charge in [0.2, 0.25) is 5.16 Å². The lowest BCUT2D eigenvalue weighted by Gasteiger charge is -2.08. The fourth-order valence-corrected chi connectivity index (χ4v) is 2.93. The molecular weight excluding hydrogens is 388 g/mol. The first-order valence-corrected chi connectivity index (χ1v) is 8.89. The molecule has 0 saturated carbocycles. The number of aliphatic carboxylic acids is 2. The van der Waals surface area contributed by atoms with E-state index in [0.717, 1.165) is 17.3 Å². The average molecular weight is 404 g/mol. The SMILES string of the molecule is CONc1cc(-c2cnn(CC(=O)O)c2)cc(-c2nc(SCC(=O)O)n[nH]2)c1. The molecule has 146 valence electrons. The number of carboxylic acids is 2. The van der Waals surface area contributed by atoms with Crippen molar-refractivity contribution in [3.05, 3.63) is 30.6 Å². The summed E-state index contributed by atoms with van der Waals surface area (Å²) in [6.07, 6.45) is 3.19. The normalized spacial score (nSPS) is 10.8. The van der Waals surface area contributed by atoms with Gasteiger partial charge in [-0.15, -0.1) is 5.10 Å². The number of nitrogens with one attached hydrogen (secondary N) is 2. The van der Waals surface area contributed by atoms with Crippen molar-refractivity contribution >= 4 is 29.4 Å². The minimum Gasteiger partial charge on any atom is -0.481 e. The van der Waals surface area contributed by atoms with Crippen molar-refractivity contribution in [3.8, 4) is 22.5 Å². The third-order valence-electron chi connectivity index (χ3n) is 3.48. The molecular formula is C16H16N6O5S. The van der Waals surface area contributed by atoms with Gasteiger partial charge in [0.05, 0.1) is 24.7 Å². The quantitative estimate of drug-likeness (QED) is 0.305. The summed E-state index contributed by atoms with van der Waals surface area (Å²) in [4.78, 5) is 30.8. The van der Waals surface area contributed by atoms with Crippen molar-refractivity contribution in [2.24, 2.45) is 0 Å². The largest absolute Gasteiger partial charge is 0.481 e. The number of hydrogen-bond acceptors (Lipinski definition) is 8. The van der Waals surface area contributed by atoms with Gasteiger partial charge in [0.15, 0.2) is 5.82 Å². The number of rotatable bonds is 9. The zero-order chi connectivity index (χ0) is 20.1. The number of aromatic amines is 1. The van der Waals surface area contributed by atoms with Crippen LogP contribution in [-0.2, 0) is 21.0 Å². The lowest BCUT2D eigenvalue weighted by atomic mass is 10.0. The Morgan fingerprint density at radius 3 is 2.71 bits per heavy atom. The summed E-state index contributed by atoms with van der Waals surface area (Å²) in [7, 11) is 1.48. The molecule has 28 heavy (non-hydrogen) atoms. The lowest BCUT2D eigenvalue weighted by Crippen LogP contribution is -2.08. The van der Waals surface area contributed by atoms with E-state index < -0.39 is 11.9 Å². The molecule has 0 atom stereocenters. The Labute approximate surface area is 162 Å². The third kappa shape index (κ3) is 4.86. The number of anilines is 1. The van der Waals surface area contributed by atoms with Crippen LogP contribution in [0, 0.1) is 0 Å². The van der Waals surface area contributed by atoms with Gasteiger partial charge in [-0.25, -0.2) is 4.98 Å². The fraction of sp³-hybridized carbons (Fsp3) is 0.188. The fourth-order valence-electron chi connectivity index (χ4n) is 2.41. The standard InChI is InChI=1S/C16H16N6O5S/c1-27-21-12-3-9(11-5-17-22(6-11)7-13(23)24)2-10(4-12)15-18-16(20-19-15)28-8-14(25)26/h2-6,21H,7-8H2,1H3,(H,23,24)(H,25,26)(H,18,19,20). The van der Waals surface area contributed by atoms with Crippen molar-refractivity contribution in [3.63, 3.8) is 0 Å². The molecule has 0 aliphatic carbocycles. The number of nitrogens with zero attached hydrogens (tertiary/aromatic N) is 4. The second-order valence-corrected chi connectivity index (χ2v) is 6.52. The molecule has 0 radical (unpaired) electrons. The van der Waals surface area contributed by atoms with Crippen molar-refractivity contribution in [1.29, 1.82) is 0 Å². The van der Waals surface area contributed by atoms with Gasteiger partial charge < -0.3 is 10.2 Å². The van der Waals surface area contributed by atoms with Gasteiger partial charge in [-0.2, -0.15) is 5.10 Å².